The predicted octanol–water partition coefficient (Wildman–Crippen LogP) is 1.04. The number of benzene rings is 1. The molecule has 1 fully saturated rings. The molecule has 0 aliphatic carbocycles. The van der Waals surface area contributed by atoms with Gasteiger partial charge < -0.3 is 14.8 Å². The van der Waals surface area contributed by atoms with E-state index in [9.17, 15) is 4.79 Å². The number of piperazine rings is 1. The molecule has 1 aliphatic rings. The maximum atomic E-state index is 12.5. The summed E-state index contributed by atoms with van der Waals surface area (Å²) >= 11 is 0. The minimum Gasteiger partial charge on any atom is -0.337 e. The highest BCUT2D eigenvalue weighted by Gasteiger charge is 2.22. The van der Waals surface area contributed by atoms with Gasteiger partial charge in [-0.2, -0.15) is 15.4 Å². The zero-order valence-electron chi connectivity index (χ0n) is 14.0. The number of hydrogen-bond donors (Lipinski definition) is 2. The van der Waals surface area contributed by atoms with Crippen molar-refractivity contribution in [3.63, 3.8) is 0 Å². The van der Waals surface area contributed by atoms with Crippen LogP contribution in [0, 0.1) is 0 Å². The van der Waals surface area contributed by atoms with Crippen LogP contribution in [-0.2, 0) is 13.6 Å². The van der Waals surface area contributed by atoms with Gasteiger partial charge in [0, 0.05) is 45.6 Å². The van der Waals surface area contributed by atoms with Crippen LogP contribution in [-0.4, -0.2) is 67.0 Å². The molecule has 4 rings (SSSR count). The van der Waals surface area contributed by atoms with E-state index in [4.69, 9.17) is 0 Å². The molecule has 1 aromatic carbocycles. The average Bonchev–Trinajstić information content (AvgIpc) is 3.25. The van der Waals surface area contributed by atoms with E-state index in [0.717, 1.165) is 31.0 Å². The number of amides is 2. The molecule has 3 aromatic rings. The first-order valence-corrected chi connectivity index (χ1v) is 8.25. The van der Waals surface area contributed by atoms with Crippen LogP contribution in [0.25, 0.3) is 11.0 Å². The first-order valence-electron chi connectivity index (χ1n) is 8.25. The number of aromatic amines is 1. The van der Waals surface area contributed by atoms with Crippen LogP contribution in [0.5, 0.6) is 0 Å². The normalized spacial score (nSPS) is 15.6. The fourth-order valence-corrected chi connectivity index (χ4v) is 3.02. The second-order valence-electron chi connectivity index (χ2n) is 6.14. The first-order chi connectivity index (χ1) is 12.2. The monoisotopic (exact) mass is 340 g/mol. The third-order valence-corrected chi connectivity index (χ3v) is 4.53. The van der Waals surface area contributed by atoms with Crippen molar-refractivity contribution in [2.24, 2.45) is 7.05 Å². The number of para-hydroxylation sites is 1. The van der Waals surface area contributed by atoms with Gasteiger partial charge in [0.1, 0.15) is 16.9 Å². The number of aryl methyl sites for hydroxylation is 1. The highest BCUT2D eigenvalue weighted by atomic mass is 16.2. The number of H-pyrrole nitrogens is 1. The summed E-state index contributed by atoms with van der Waals surface area (Å²) in [4.78, 5) is 21.0. The second kappa shape index (κ2) is 6.52. The van der Waals surface area contributed by atoms with Crippen LogP contribution < -0.4 is 5.32 Å². The lowest BCUT2D eigenvalue weighted by molar-refractivity contribution is 0.140. The fraction of sp³-hybridized carbons (Fsp3) is 0.375. The summed E-state index contributed by atoms with van der Waals surface area (Å²) in [5, 5.41) is 13.7. The molecule has 130 valence electrons. The summed E-state index contributed by atoms with van der Waals surface area (Å²) in [5.41, 5.74) is 2.08. The van der Waals surface area contributed by atoms with E-state index in [2.05, 4.69) is 30.6 Å². The molecule has 0 saturated carbocycles. The van der Waals surface area contributed by atoms with Gasteiger partial charge in [-0.3, -0.25) is 4.90 Å². The van der Waals surface area contributed by atoms with Gasteiger partial charge in [0.2, 0.25) is 0 Å². The zero-order valence-corrected chi connectivity index (χ0v) is 14.0. The molecule has 0 bridgehead atoms. The number of fused-ring (bicyclic) bond motifs is 1. The van der Waals surface area contributed by atoms with Crippen molar-refractivity contribution in [2.45, 2.75) is 6.54 Å². The molecule has 2 N–H and O–H groups in total. The summed E-state index contributed by atoms with van der Waals surface area (Å²) < 4.78 is 2.03. The highest BCUT2D eigenvalue weighted by molar-refractivity contribution is 5.98. The molecule has 0 spiro atoms. The number of carbonyl (C=O) groups excluding carboxylic acids is 1. The quantitative estimate of drug-likeness (QED) is 0.743. The van der Waals surface area contributed by atoms with E-state index < -0.39 is 0 Å². The van der Waals surface area contributed by atoms with Gasteiger partial charge in [0.25, 0.3) is 0 Å². The van der Waals surface area contributed by atoms with Gasteiger partial charge in [-0.1, -0.05) is 6.07 Å². The average molecular weight is 340 g/mol. The Morgan fingerprint density at radius 2 is 2.08 bits per heavy atom. The van der Waals surface area contributed by atoms with E-state index in [1.54, 1.807) is 0 Å². The maximum Gasteiger partial charge on any atom is 0.321 e. The number of urea groups is 1. The third-order valence-electron chi connectivity index (χ3n) is 4.53. The lowest BCUT2D eigenvalue weighted by Crippen LogP contribution is -2.49. The van der Waals surface area contributed by atoms with Gasteiger partial charge in [0.05, 0.1) is 12.2 Å². The molecule has 9 nitrogen and oxygen atoms in total. The molecule has 9 heteroatoms. The second-order valence-corrected chi connectivity index (χ2v) is 6.14. The molecule has 0 unspecified atom stereocenters. The SMILES string of the molecule is Cn1ccnc1CN1CCN(C(=O)Nc2cccc3n[nH]nc23)CC1. The van der Waals surface area contributed by atoms with Gasteiger partial charge >= 0.3 is 6.03 Å². The number of imidazole rings is 1. The van der Waals surface area contributed by atoms with Crippen LogP contribution >= 0.6 is 0 Å². The summed E-state index contributed by atoms with van der Waals surface area (Å²) in [7, 11) is 2.00. The summed E-state index contributed by atoms with van der Waals surface area (Å²) in [5.74, 6) is 1.04. The zero-order chi connectivity index (χ0) is 17.2. The Kier molecular flexibility index (Phi) is 4.06. The molecule has 0 radical (unpaired) electrons. The maximum absolute atomic E-state index is 12.5. The Labute approximate surface area is 144 Å². The highest BCUT2D eigenvalue weighted by Crippen LogP contribution is 2.19. The molecule has 3 heterocycles. The number of anilines is 1. The van der Waals surface area contributed by atoms with Crippen LogP contribution in [0.2, 0.25) is 0 Å². The number of hydrogen-bond acceptors (Lipinski definition) is 5. The predicted molar refractivity (Wildman–Crippen MR) is 93.0 cm³/mol. The van der Waals surface area contributed by atoms with Crippen molar-refractivity contribution in [3.8, 4) is 0 Å². The summed E-state index contributed by atoms with van der Waals surface area (Å²) in [6.45, 7) is 3.83. The third kappa shape index (κ3) is 3.18. The van der Waals surface area contributed by atoms with Crippen LogP contribution in [0.4, 0.5) is 10.5 Å². The van der Waals surface area contributed by atoms with E-state index >= 15 is 0 Å². The molecular weight excluding hydrogens is 320 g/mol. The van der Waals surface area contributed by atoms with E-state index in [0.29, 0.717) is 24.3 Å². The standard InChI is InChI=1S/C16H20N8O/c1-22-6-5-17-14(22)11-23-7-9-24(10-8-23)16(25)18-12-3-2-4-13-15(12)20-21-19-13/h2-6H,7-11H2,1H3,(H,18,25)(H,19,20,21). The molecular formula is C16H20N8O. The van der Waals surface area contributed by atoms with Gasteiger partial charge in [-0.05, 0) is 12.1 Å². The number of nitrogens with one attached hydrogen (secondary N) is 2. The smallest absolute Gasteiger partial charge is 0.321 e. The topological polar surface area (TPSA) is 95.0 Å². The van der Waals surface area contributed by atoms with Crippen molar-refractivity contribution >= 4 is 22.8 Å². The van der Waals surface area contributed by atoms with Crippen molar-refractivity contribution in [3.05, 3.63) is 36.4 Å². The van der Waals surface area contributed by atoms with E-state index in [-0.39, 0.29) is 6.03 Å². The summed E-state index contributed by atoms with van der Waals surface area (Å²) in [6, 6.07) is 5.43. The van der Waals surface area contributed by atoms with E-state index in [1.807, 2.05) is 47.1 Å². The number of carbonyl (C=O) groups is 1. The Morgan fingerprint density at radius 3 is 2.84 bits per heavy atom. The Hall–Kier alpha value is -2.94. The van der Waals surface area contributed by atoms with Crippen molar-refractivity contribution in [1.29, 1.82) is 0 Å². The van der Waals surface area contributed by atoms with Crippen LogP contribution in [0.15, 0.2) is 30.6 Å². The molecule has 25 heavy (non-hydrogen) atoms. The van der Waals surface area contributed by atoms with Crippen LogP contribution in [0.1, 0.15) is 5.82 Å². The van der Waals surface area contributed by atoms with Gasteiger partial charge in [0.15, 0.2) is 0 Å². The molecule has 1 saturated heterocycles. The number of rotatable bonds is 3. The fourth-order valence-electron chi connectivity index (χ4n) is 3.02. The number of nitrogens with zero attached hydrogens (tertiary/aromatic N) is 6. The minimum absolute atomic E-state index is 0.104. The van der Waals surface area contributed by atoms with Crippen molar-refractivity contribution in [1.82, 2.24) is 34.8 Å². The van der Waals surface area contributed by atoms with E-state index in [1.165, 1.54) is 0 Å². The summed E-state index contributed by atoms with van der Waals surface area (Å²) in [6.07, 6.45) is 3.76. The molecule has 0 atom stereocenters. The Bertz CT molecular complexity index is 877. The lowest BCUT2D eigenvalue weighted by Gasteiger charge is -2.34. The minimum atomic E-state index is -0.104. The van der Waals surface area contributed by atoms with Crippen LogP contribution in [0.3, 0.4) is 0 Å². The first kappa shape index (κ1) is 15.6. The largest absolute Gasteiger partial charge is 0.337 e. The molecule has 2 aromatic heterocycles. The lowest BCUT2D eigenvalue weighted by atomic mass is 10.2. The molecule has 1 aliphatic heterocycles. The Balaban J connectivity index is 1.35. The van der Waals surface area contributed by atoms with Gasteiger partial charge in [-0.25, -0.2) is 9.78 Å². The number of aromatic nitrogens is 5. The van der Waals surface area contributed by atoms with Gasteiger partial charge in [-0.15, -0.1) is 0 Å². The van der Waals surface area contributed by atoms with Crippen molar-refractivity contribution in [2.75, 3.05) is 31.5 Å². The Morgan fingerprint density at radius 1 is 1.24 bits per heavy atom. The van der Waals surface area contributed by atoms with Crippen molar-refractivity contribution < 1.29 is 4.79 Å². The molecule has 2 amide bonds.